The van der Waals surface area contributed by atoms with Crippen LogP contribution in [0.3, 0.4) is 0 Å². The molecule has 0 aromatic carbocycles. The average molecular weight is 184 g/mol. The third kappa shape index (κ3) is 2.70. The van der Waals surface area contributed by atoms with Crippen molar-refractivity contribution in [3.63, 3.8) is 0 Å². The highest BCUT2D eigenvalue weighted by Gasteiger charge is 2.32. The molecule has 0 heterocycles. The molecule has 1 heteroatoms. The fourth-order valence-corrected chi connectivity index (χ4v) is 2.46. The quantitative estimate of drug-likeness (QED) is 0.714. The Balaban J connectivity index is 2.39. The predicted molar refractivity (Wildman–Crippen MR) is 56.6 cm³/mol. The standard InChI is InChI=1S/C12H24O/c1-4-5-6-11-8-7-9(2)10(3)12(11)13/h9-13H,4-8H2,1-3H3. The fourth-order valence-electron chi connectivity index (χ4n) is 2.46. The zero-order chi connectivity index (χ0) is 9.84. The first-order chi connectivity index (χ1) is 6.16. The van der Waals surface area contributed by atoms with Crippen molar-refractivity contribution < 1.29 is 5.11 Å². The molecule has 13 heavy (non-hydrogen) atoms. The van der Waals surface area contributed by atoms with E-state index < -0.39 is 0 Å². The van der Waals surface area contributed by atoms with Crippen molar-refractivity contribution in [2.75, 3.05) is 0 Å². The summed E-state index contributed by atoms with van der Waals surface area (Å²) in [4.78, 5) is 0. The van der Waals surface area contributed by atoms with Gasteiger partial charge in [0.05, 0.1) is 6.10 Å². The average Bonchev–Trinajstić information content (AvgIpc) is 2.13. The third-order valence-electron chi connectivity index (χ3n) is 3.84. The Morgan fingerprint density at radius 1 is 1.23 bits per heavy atom. The lowest BCUT2D eigenvalue weighted by molar-refractivity contribution is -0.00536. The normalized spacial score (nSPS) is 40.6. The van der Waals surface area contributed by atoms with E-state index in [-0.39, 0.29) is 6.10 Å². The summed E-state index contributed by atoms with van der Waals surface area (Å²) in [7, 11) is 0. The molecule has 0 aromatic heterocycles. The maximum Gasteiger partial charge on any atom is 0.0596 e. The molecule has 0 amide bonds. The second-order valence-electron chi connectivity index (χ2n) is 4.81. The minimum atomic E-state index is -0.0321. The van der Waals surface area contributed by atoms with Gasteiger partial charge in [-0.2, -0.15) is 0 Å². The summed E-state index contributed by atoms with van der Waals surface area (Å²) in [5.74, 6) is 1.81. The van der Waals surface area contributed by atoms with Crippen molar-refractivity contribution in [2.45, 2.75) is 59.0 Å². The molecule has 78 valence electrons. The maximum atomic E-state index is 10.0. The maximum absolute atomic E-state index is 10.0. The molecule has 0 radical (unpaired) electrons. The summed E-state index contributed by atoms with van der Waals surface area (Å²) in [6, 6.07) is 0. The number of hydrogen-bond acceptors (Lipinski definition) is 1. The van der Waals surface area contributed by atoms with Gasteiger partial charge in [0, 0.05) is 0 Å². The van der Waals surface area contributed by atoms with Crippen LogP contribution in [0.1, 0.15) is 52.9 Å². The molecule has 0 saturated heterocycles. The monoisotopic (exact) mass is 184 g/mol. The molecule has 0 spiro atoms. The first-order valence-corrected chi connectivity index (χ1v) is 5.84. The van der Waals surface area contributed by atoms with Gasteiger partial charge in [-0.3, -0.25) is 0 Å². The smallest absolute Gasteiger partial charge is 0.0596 e. The molecule has 0 aromatic rings. The molecule has 1 aliphatic carbocycles. The molecule has 1 nitrogen and oxygen atoms in total. The van der Waals surface area contributed by atoms with Gasteiger partial charge in [-0.15, -0.1) is 0 Å². The van der Waals surface area contributed by atoms with Crippen molar-refractivity contribution in [1.82, 2.24) is 0 Å². The van der Waals surface area contributed by atoms with Crippen LogP contribution in [-0.2, 0) is 0 Å². The molecule has 1 saturated carbocycles. The molecule has 4 unspecified atom stereocenters. The summed E-state index contributed by atoms with van der Waals surface area (Å²) < 4.78 is 0. The Kier molecular flexibility index (Phi) is 4.24. The lowest BCUT2D eigenvalue weighted by atomic mass is 9.72. The number of hydrogen-bond donors (Lipinski definition) is 1. The Labute approximate surface area is 82.5 Å². The molecule has 1 N–H and O–H groups in total. The lowest BCUT2D eigenvalue weighted by Crippen LogP contribution is -2.36. The van der Waals surface area contributed by atoms with Gasteiger partial charge in [0.15, 0.2) is 0 Å². The molecule has 1 rings (SSSR count). The van der Waals surface area contributed by atoms with Crippen molar-refractivity contribution in [3.8, 4) is 0 Å². The highest BCUT2D eigenvalue weighted by molar-refractivity contribution is 4.83. The summed E-state index contributed by atoms with van der Waals surface area (Å²) in [5, 5.41) is 10.0. The van der Waals surface area contributed by atoms with Crippen LogP contribution in [0.25, 0.3) is 0 Å². The van der Waals surface area contributed by atoms with E-state index in [0.717, 1.165) is 0 Å². The number of aliphatic hydroxyl groups is 1. The van der Waals surface area contributed by atoms with Gasteiger partial charge in [-0.05, 0) is 30.6 Å². The van der Waals surface area contributed by atoms with Crippen LogP contribution in [0, 0.1) is 17.8 Å². The first-order valence-electron chi connectivity index (χ1n) is 5.84. The largest absolute Gasteiger partial charge is 0.393 e. The van der Waals surface area contributed by atoms with Gasteiger partial charge in [0.1, 0.15) is 0 Å². The van der Waals surface area contributed by atoms with Crippen molar-refractivity contribution in [3.05, 3.63) is 0 Å². The Morgan fingerprint density at radius 2 is 1.92 bits per heavy atom. The van der Waals surface area contributed by atoms with Crippen LogP contribution in [0.4, 0.5) is 0 Å². The molecule has 0 bridgehead atoms. The van der Waals surface area contributed by atoms with Gasteiger partial charge in [-0.1, -0.05) is 40.0 Å². The molecule has 1 aliphatic rings. The first kappa shape index (κ1) is 11.0. The van der Waals surface area contributed by atoms with Crippen molar-refractivity contribution in [1.29, 1.82) is 0 Å². The SMILES string of the molecule is CCCCC1CCC(C)C(C)C1O. The Hall–Kier alpha value is -0.0400. The predicted octanol–water partition coefficient (Wildman–Crippen LogP) is 3.22. The Bertz CT molecular complexity index is 142. The molecular formula is C12H24O. The molecule has 1 fully saturated rings. The van der Waals surface area contributed by atoms with Gasteiger partial charge >= 0.3 is 0 Å². The van der Waals surface area contributed by atoms with Gasteiger partial charge in [-0.25, -0.2) is 0 Å². The van der Waals surface area contributed by atoms with Crippen LogP contribution in [0.15, 0.2) is 0 Å². The molecule has 0 aliphatic heterocycles. The molecular weight excluding hydrogens is 160 g/mol. The molecule has 4 atom stereocenters. The highest BCUT2D eigenvalue weighted by atomic mass is 16.3. The number of aliphatic hydroxyl groups excluding tert-OH is 1. The van der Waals surface area contributed by atoms with E-state index in [9.17, 15) is 5.11 Å². The van der Waals surface area contributed by atoms with E-state index >= 15 is 0 Å². The minimum absolute atomic E-state index is 0.0321. The van der Waals surface area contributed by atoms with E-state index in [1.165, 1.54) is 32.1 Å². The summed E-state index contributed by atoms with van der Waals surface area (Å²) in [6.45, 7) is 6.69. The Morgan fingerprint density at radius 3 is 2.54 bits per heavy atom. The second kappa shape index (κ2) is 4.99. The number of unbranched alkanes of at least 4 members (excludes halogenated alkanes) is 1. The van der Waals surface area contributed by atoms with Crippen LogP contribution >= 0.6 is 0 Å². The third-order valence-corrected chi connectivity index (χ3v) is 3.84. The summed E-state index contributed by atoms with van der Waals surface area (Å²) in [6.07, 6.45) is 6.29. The zero-order valence-electron chi connectivity index (χ0n) is 9.29. The fraction of sp³-hybridized carbons (Fsp3) is 1.00. The van der Waals surface area contributed by atoms with Gasteiger partial charge < -0.3 is 5.11 Å². The van der Waals surface area contributed by atoms with E-state index in [1.807, 2.05) is 0 Å². The number of rotatable bonds is 3. The van der Waals surface area contributed by atoms with E-state index in [0.29, 0.717) is 17.8 Å². The van der Waals surface area contributed by atoms with E-state index in [1.54, 1.807) is 0 Å². The topological polar surface area (TPSA) is 20.2 Å². The van der Waals surface area contributed by atoms with Crippen LogP contribution < -0.4 is 0 Å². The zero-order valence-corrected chi connectivity index (χ0v) is 9.29. The van der Waals surface area contributed by atoms with Crippen LogP contribution in [-0.4, -0.2) is 11.2 Å². The van der Waals surface area contributed by atoms with Gasteiger partial charge in [0.25, 0.3) is 0 Å². The summed E-state index contributed by atoms with van der Waals surface area (Å²) in [5.41, 5.74) is 0. The highest BCUT2D eigenvalue weighted by Crippen LogP contribution is 2.35. The second-order valence-corrected chi connectivity index (χ2v) is 4.81. The van der Waals surface area contributed by atoms with Crippen molar-refractivity contribution >= 4 is 0 Å². The lowest BCUT2D eigenvalue weighted by Gasteiger charge is -2.37. The van der Waals surface area contributed by atoms with Crippen molar-refractivity contribution in [2.24, 2.45) is 17.8 Å². The van der Waals surface area contributed by atoms with Gasteiger partial charge in [0.2, 0.25) is 0 Å². The minimum Gasteiger partial charge on any atom is -0.393 e. The van der Waals surface area contributed by atoms with Crippen LogP contribution in [0.5, 0.6) is 0 Å². The van der Waals surface area contributed by atoms with E-state index in [2.05, 4.69) is 20.8 Å². The summed E-state index contributed by atoms with van der Waals surface area (Å²) >= 11 is 0. The van der Waals surface area contributed by atoms with E-state index in [4.69, 9.17) is 0 Å². The van der Waals surface area contributed by atoms with Crippen LogP contribution in [0.2, 0.25) is 0 Å².